The molecule has 0 saturated carbocycles. The molecule has 2 aromatic heterocycles. The second-order valence-electron chi connectivity index (χ2n) is 4.80. The lowest BCUT2D eigenvalue weighted by atomic mass is 10.0. The number of rotatable bonds is 3. The first kappa shape index (κ1) is 11.3. The van der Waals surface area contributed by atoms with Gasteiger partial charge < -0.3 is 5.32 Å². The standard InChI is InChI=1S/C13H17N5/c1-18-13(3-5-17-18)12-9-15-11(8-16-12)6-10-2-4-14-7-10/h3,5,8-10,14H,2,4,6-7H2,1H3. The van der Waals surface area contributed by atoms with E-state index in [1.54, 1.807) is 6.20 Å². The number of nitrogens with zero attached hydrogens (tertiary/aromatic N) is 4. The van der Waals surface area contributed by atoms with Crippen molar-refractivity contribution >= 4 is 0 Å². The van der Waals surface area contributed by atoms with Crippen LogP contribution in [0.5, 0.6) is 0 Å². The third-order valence-electron chi connectivity index (χ3n) is 3.45. The van der Waals surface area contributed by atoms with Crippen LogP contribution in [-0.2, 0) is 13.5 Å². The van der Waals surface area contributed by atoms with Crippen LogP contribution >= 0.6 is 0 Å². The van der Waals surface area contributed by atoms with E-state index in [4.69, 9.17) is 0 Å². The average Bonchev–Trinajstić information content (AvgIpc) is 3.02. The van der Waals surface area contributed by atoms with Crippen LogP contribution in [0.1, 0.15) is 12.1 Å². The number of aromatic nitrogens is 4. The van der Waals surface area contributed by atoms with Crippen molar-refractivity contribution in [3.8, 4) is 11.4 Å². The summed E-state index contributed by atoms with van der Waals surface area (Å²) in [5, 5.41) is 7.51. The smallest absolute Gasteiger partial charge is 0.107 e. The molecular weight excluding hydrogens is 226 g/mol. The largest absolute Gasteiger partial charge is 0.316 e. The minimum Gasteiger partial charge on any atom is -0.316 e. The predicted octanol–water partition coefficient (Wildman–Crippen LogP) is 1.03. The Morgan fingerprint density at radius 2 is 2.33 bits per heavy atom. The van der Waals surface area contributed by atoms with Crippen molar-refractivity contribution in [2.45, 2.75) is 12.8 Å². The normalized spacial score (nSPS) is 19.3. The Hall–Kier alpha value is -1.75. The summed E-state index contributed by atoms with van der Waals surface area (Å²) >= 11 is 0. The maximum Gasteiger partial charge on any atom is 0.107 e. The maximum absolute atomic E-state index is 4.51. The molecule has 1 fully saturated rings. The highest BCUT2D eigenvalue weighted by Crippen LogP contribution is 2.16. The quantitative estimate of drug-likeness (QED) is 0.874. The van der Waals surface area contributed by atoms with Crippen molar-refractivity contribution in [3.63, 3.8) is 0 Å². The van der Waals surface area contributed by atoms with Gasteiger partial charge in [-0.2, -0.15) is 5.10 Å². The minimum absolute atomic E-state index is 0.710. The van der Waals surface area contributed by atoms with E-state index in [1.165, 1.54) is 6.42 Å². The van der Waals surface area contributed by atoms with Gasteiger partial charge in [0.1, 0.15) is 5.69 Å². The van der Waals surface area contributed by atoms with E-state index in [9.17, 15) is 0 Å². The lowest BCUT2D eigenvalue weighted by Gasteiger charge is -2.07. The topological polar surface area (TPSA) is 55.6 Å². The lowest BCUT2D eigenvalue weighted by molar-refractivity contribution is 0.570. The summed E-state index contributed by atoms with van der Waals surface area (Å²) in [5.41, 5.74) is 2.95. The fraction of sp³-hybridized carbons (Fsp3) is 0.462. The molecule has 1 N–H and O–H groups in total. The zero-order valence-electron chi connectivity index (χ0n) is 10.5. The third kappa shape index (κ3) is 2.26. The van der Waals surface area contributed by atoms with E-state index in [1.807, 2.05) is 30.2 Å². The Labute approximate surface area is 106 Å². The highest BCUT2D eigenvalue weighted by molar-refractivity contribution is 5.52. The molecule has 5 heteroatoms. The van der Waals surface area contributed by atoms with Crippen LogP contribution in [0.3, 0.4) is 0 Å². The third-order valence-corrected chi connectivity index (χ3v) is 3.45. The van der Waals surface area contributed by atoms with Crippen LogP contribution in [0, 0.1) is 5.92 Å². The van der Waals surface area contributed by atoms with Gasteiger partial charge in [-0.1, -0.05) is 0 Å². The van der Waals surface area contributed by atoms with Gasteiger partial charge in [0.05, 0.1) is 17.6 Å². The summed E-state index contributed by atoms with van der Waals surface area (Å²) < 4.78 is 1.81. The Balaban J connectivity index is 1.74. The van der Waals surface area contributed by atoms with Gasteiger partial charge in [-0.25, -0.2) is 0 Å². The SMILES string of the molecule is Cn1nccc1-c1cnc(CC2CCNC2)cn1. The monoisotopic (exact) mass is 243 g/mol. The van der Waals surface area contributed by atoms with Gasteiger partial charge in [-0.3, -0.25) is 14.6 Å². The molecule has 3 heterocycles. The first-order valence-corrected chi connectivity index (χ1v) is 6.33. The molecule has 1 atom stereocenters. The van der Waals surface area contributed by atoms with Crippen molar-refractivity contribution in [2.75, 3.05) is 13.1 Å². The highest BCUT2D eigenvalue weighted by atomic mass is 15.3. The molecule has 94 valence electrons. The molecule has 0 amide bonds. The fourth-order valence-corrected chi connectivity index (χ4v) is 2.40. The molecule has 0 spiro atoms. The van der Waals surface area contributed by atoms with E-state index in [0.717, 1.165) is 36.6 Å². The number of hydrogen-bond donors (Lipinski definition) is 1. The zero-order chi connectivity index (χ0) is 12.4. The van der Waals surface area contributed by atoms with Gasteiger partial charge in [0.25, 0.3) is 0 Å². The molecule has 18 heavy (non-hydrogen) atoms. The number of aryl methyl sites for hydroxylation is 1. The molecule has 3 rings (SSSR count). The van der Waals surface area contributed by atoms with E-state index in [0.29, 0.717) is 5.92 Å². The van der Waals surface area contributed by atoms with Gasteiger partial charge in [0, 0.05) is 19.4 Å². The van der Waals surface area contributed by atoms with Crippen LogP contribution in [0.4, 0.5) is 0 Å². The molecular formula is C13H17N5. The second-order valence-corrected chi connectivity index (χ2v) is 4.80. The van der Waals surface area contributed by atoms with Gasteiger partial charge in [-0.05, 0) is 37.9 Å². The summed E-state index contributed by atoms with van der Waals surface area (Å²) in [6.45, 7) is 2.23. The molecule has 0 aromatic carbocycles. The summed E-state index contributed by atoms with van der Waals surface area (Å²) in [6.07, 6.45) is 7.77. The molecule has 5 nitrogen and oxygen atoms in total. The molecule has 1 saturated heterocycles. The Morgan fingerprint density at radius 3 is 2.94 bits per heavy atom. The van der Waals surface area contributed by atoms with Gasteiger partial charge in [0.15, 0.2) is 0 Å². The van der Waals surface area contributed by atoms with E-state index in [2.05, 4.69) is 20.4 Å². The van der Waals surface area contributed by atoms with Crippen molar-refractivity contribution in [3.05, 3.63) is 30.4 Å². The first-order valence-electron chi connectivity index (χ1n) is 6.33. The van der Waals surface area contributed by atoms with Crippen LogP contribution < -0.4 is 5.32 Å². The molecule has 0 radical (unpaired) electrons. The van der Waals surface area contributed by atoms with Crippen molar-refractivity contribution in [2.24, 2.45) is 13.0 Å². The fourth-order valence-electron chi connectivity index (χ4n) is 2.40. The lowest BCUT2D eigenvalue weighted by Crippen LogP contribution is -2.11. The number of nitrogens with one attached hydrogen (secondary N) is 1. The van der Waals surface area contributed by atoms with Gasteiger partial charge >= 0.3 is 0 Å². The predicted molar refractivity (Wildman–Crippen MR) is 68.9 cm³/mol. The summed E-state index contributed by atoms with van der Waals surface area (Å²) in [6, 6.07) is 1.95. The second kappa shape index (κ2) is 4.86. The highest BCUT2D eigenvalue weighted by Gasteiger charge is 2.15. The minimum atomic E-state index is 0.710. The van der Waals surface area contributed by atoms with Crippen molar-refractivity contribution in [1.29, 1.82) is 0 Å². The summed E-state index contributed by atoms with van der Waals surface area (Å²) in [4.78, 5) is 8.99. The van der Waals surface area contributed by atoms with Crippen LogP contribution in [0.2, 0.25) is 0 Å². The molecule has 0 bridgehead atoms. The number of hydrogen-bond acceptors (Lipinski definition) is 4. The van der Waals surface area contributed by atoms with Crippen molar-refractivity contribution in [1.82, 2.24) is 25.1 Å². The molecule has 0 aliphatic carbocycles. The van der Waals surface area contributed by atoms with E-state index in [-0.39, 0.29) is 0 Å². The molecule has 1 aliphatic heterocycles. The Morgan fingerprint density at radius 1 is 1.39 bits per heavy atom. The molecule has 1 aliphatic rings. The van der Waals surface area contributed by atoms with E-state index >= 15 is 0 Å². The molecule has 1 unspecified atom stereocenters. The van der Waals surface area contributed by atoms with Gasteiger partial charge in [0.2, 0.25) is 0 Å². The zero-order valence-corrected chi connectivity index (χ0v) is 10.5. The Bertz CT molecular complexity index is 510. The maximum atomic E-state index is 4.51. The van der Waals surface area contributed by atoms with Crippen molar-refractivity contribution < 1.29 is 0 Å². The first-order chi connectivity index (χ1) is 8.83. The molecule has 2 aromatic rings. The summed E-state index contributed by atoms with van der Waals surface area (Å²) in [7, 11) is 1.91. The van der Waals surface area contributed by atoms with Crippen LogP contribution in [-0.4, -0.2) is 32.8 Å². The van der Waals surface area contributed by atoms with Crippen LogP contribution in [0.25, 0.3) is 11.4 Å². The van der Waals surface area contributed by atoms with E-state index < -0.39 is 0 Å². The average molecular weight is 243 g/mol. The Kier molecular flexibility index (Phi) is 3.06. The van der Waals surface area contributed by atoms with Gasteiger partial charge in [-0.15, -0.1) is 0 Å². The summed E-state index contributed by atoms with van der Waals surface area (Å²) in [5.74, 6) is 0.710. The van der Waals surface area contributed by atoms with Crippen LogP contribution in [0.15, 0.2) is 24.7 Å².